The van der Waals surface area contributed by atoms with E-state index in [9.17, 15) is 0 Å². The Hall–Kier alpha value is -0.410. The molecule has 1 heterocycles. The molecule has 0 aliphatic heterocycles. The summed E-state index contributed by atoms with van der Waals surface area (Å²) in [5.74, 6) is 1.00. The van der Waals surface area contributed by atoms with Crippen molar-refractivity contribution in [1.82, 2.24) is 10.3 Å². The van der Waals surface area contributed by atoms with E-state index >= 15 is 0 Å². The van der Waals surface area contributed by atoms with Gasteiger partial charge < -0.3 is 5.32 Å². The second-order valence-electron chi connectivity index (χ2n) is 5.36. The van der Waals surface area contributed by atoms with E-state index in [2.05, 4.69) is 38.0 Å². The molecule has 3 heteroatoms. The summed E-state index contributed by atoms with van der Waals surface area (Å²) < 4.78 is 0. The van der Waals surface area contributed by atoms with Crippen molar-refractivity contribution < 1.29 is 0 Å². The van der Waals surface area contributed by atoms with Gasteiger partial charge in [-0.25, -0.2) is 4.98 Å². The van der Waals surface area contributed by atoms with E-state index in [1.165, 1.54) is 41.3 Å². The van der Waals surface area contributed by atoms with Gasteiger partial charge >= 0.3 is 0 Å². The van der Waals surface area contributed by atoms with Gasteiger partial charge in [0.1, 0.15) is 0 Å². The molecule has 1 aromatic rings. The Morgan fingerprint density at radius 1 is 1.41 bits per heavy atom. The molecule has 0 bridgehead atoms. The van der Waals surface area contributed by atoms with Crippen molar-refractivity contribution >= 4 is 11.3 Å². The molecule has 1 fully saturated rings. The highest BCUT2D eigenvalue weighted by atomic mass is 32.1. The molecule has 1 saturated carbocycles. The minimum Gasteiger partial charge on any atom is -0.307 e. The Labute approximate surface area is 109 Å². The minimum atomic E-state index is 0.449. The number of rotatable bonds is 6. The van der Waals surface area contributed by atoms with Gasteiger partial charge in [0.05, 0.1) is 10.7 Å². The molecule has 1 aliphatic carbocycles. The lowest BCUT2D eigenvalue weighted by Gasteiger charge is -2.21. The van der Waals surface area contributed by atoms with E-state index in [-0.39, 0.29) is 0 Å². The van der Waals surface area contributed by atoms with E-state index in [1.807, 2.05) is 11.3 Å². The van der Waals surface area contributed by atoms with Crippen molar-refractivity contribution in [3.05, 3.63) is 15.6 Å². The number of nitrogens with zero attached hydrogens (tertiary/aromatic N) is 1. The Kier molecular flexibility index (Phi) is 4.21. The highest BCUT2D eigenvalue weighted by molar-refractivity contribution is 7.11. The molecule has 17 heavy (non-hydrogen) atoms. The van der Waals surface area contributed by atoms with Crippen LogP contribution in [-0.2, 0) is 0 Å². The largest absolute Gasteiger partial charge is 0.307 e. The summed E-state index contributed by atoms with van der Waals surface area (Å²) in [5, 5.41) is 4.96. The molecule has 2 unspecified atom stereocenters. The first-order chi connectivity index (χ1) is 8.10. The van der Waals surface area contributed by atoms with Crippen LogP contribution in [0.25, 0.3) is 0 Å². The van der Waals surface area contributed by atoms with Gasteiger partial charge in [-0.2, -0.15) is 0 Å². The maximum atomic E-state index is 4.52. The molecule has 1 N–H and O–H groups in total. The van der Waals surface area contributed by atoms with Crippen molar-refractivity contribution in [3.63, 3.8) is 0 Å². The topological polar surface area (TPSA) is 24.9 Å². The van der Waals surface area contributed by atoms with Crippen LogP contribution in [0.3, 0.4) is 0 Å². The molecule has 0 spiro atoms. The van der Waals surface area contributed by atoms with Gasteiger partial charge in [-0.15, -0.1) is 11.3 Å². The predicted molar refractivity (Wildman–Crippen MR) is 74.6 cm³/mol. The van der Waals surface area contributed by atoms with E-state index in [0.29, 0.717) is 12.1 Å². The van der Waals surface area contributed by atoms with Crippen molar-refractivity contribution in [2.45, 2.75) is 65.5 Å². The Morgan fingerprint density at radius 3 is 2.59 bits per heavy atom. The van der Waals surface area contributed by atoms with Gasteiger partial charge in [-0.05, 0) is 39.5 Å². The monoisotopic (exact) mass is 252 g/mol. The van der Waals surface area contributed by atoms with Crippen LogP contribution in [0, 0.1) is 19.8 Å². The standard InChI is InChI=1S/C14H24N2S/c1-5-13(8-12-6-7-12)16-10(3)14-9(2)15-11(4)17-14/h10,12-13,16H,5-8H2,1-4H3. The predicted octanol–water partition coefficient (Wildman–Crippen LogP) is 3.99. The molecule has 2 nitrogen and oxygen atoms in total. The van der Waals surface area contributed by atoms with Crippen LogP contribution in [0.4, 0.5) is 0 Å². The first-order valence-electron chi connectivity index (χ1n) is 6.80. The van der Waals surface area contributed by atoms with E-state index in [1.54, 1.807) is 0 Å². The summed E-state index contributed by atoms with van der Waals surface area (Å²) in [6.07, 6.45) is 5.49. The van der Waals surface area contributed by atoms with Crippen molar-refractivity contribution in [2.75, 3.05) is 0 Å². The summed E-state index contributed by atoms with van der Waals surface area (Å²) in [6, 6.07) is 1.13. The Morgan fingerprint density at radius 2 is 2.12 bits per heavy atom. The average molecular weight is 252 g/mol. The second-order valence-corrected chi connectivity index (χ2v) is 6.59. The highest BCUT2D eigenvalue weighted by Crippen LogP contribution is 2.35. The quantitative estimate of drug-likeness (QED) is 0.828. The summed E-state index contributed by atoms with van der Waals surface area (Å²) in [5.41, 5.74) is 1.20. The fourth-order valence-electron chi connectivity index (χ4n) is 2.49. The third-order valence-corrected chi connectivity index (χ3v) is 4.88. The lowest BCUT2D eigenvalue weighted by atomic mass is 10.1. The lowest BCUT2D eigenvalue weighted by Crippen LogP contribution is -2.31. The number of nitrogens with one attached hydrogen (secondary N) is 1. The maximum Gasteiger partial charge on any atom is 0.0900 e. The van der Waals surface area contributed by atoms with Crippen LogP contribution in [0.1, 0.15) is 61.2 Å². The molecular weight excluding hydrogens is 228 g/mol. The molecule has 0 radical (unpaired) electrons. The molecule has 0 saturated heterocycles. The van der Waals surface area contributed by atoms with Gasteiger partial charge in [0.25, 0.3) is 0 Å². The number of hydrogen-bond donors (Lipinski definition) is 1. The first kappa shape index (κ1) is 13.0. The zero-order chi connectivity index (χ0) is 12.4. The molecule has 96 valence electrons. The summed E-state index contributed by atoms with van der Waals surface area (Å²) in [7, 11) is 0. The van der Waals surface area contributed by atoms with Gasteiger partial charge in [0.15, 0.2) is 0 Å². The average Bonchev–Trinajstić information content (AvgIpc) is 3.02. The fraction of sp³-hybridized carbons (Fsp3) is 0.786. The molecule has 1 aromatic heterocycles. The molecular formula is C14H24N2S. The zero-order valence-corrected chi connectivity index (χ0v) is 12.2. The van der Waals surface area contributed by atoms with Crippen LogP contribution in [0.5, 0.6) is 0 Å². The summed E-state index contributed by atoms with van der Waals surface area (Å²) in [4.78, 5) is 5.93. The molecule has 1 aliphatic rings. The number of aromatic nitrogens is 1. The number of aryl methyl sites for hydroxylation is 2. The van der Waals surface area contributed by atoms with Gasteiger partial charge in [0.2, 0.25) is 0 Å². The Bertz CT molecular complexity index is 368. The van der Waals surface area contributed by atoms with Crippen molar-refractivity contribution in [2.24, 2.45) is 5.92 Å². The normalized spacial score (nSPS) is 19.3. The Balaban J connectivity index is 1.94. The van der Waals surface area contributed by atoms with Gasteiger partial charge in [0, 0.05) is 17.0 Å². The summed E-state index contributed by atoms with van der Waals surface area (Å²) in [6.45, 7) is 8.78. The molecule has 0 amide bonds. The molecule has 2 rings (SSSR count). The van der Waals surface area contributed by atoms with Crippen molar-refractivity contribution in [1.29, 1.82) is 0 Å². The highest BCUT2D eigenvalue weighted by Gasteiger charge is 2.26. The third-order valence-electron chi connectivity index (χ3n) is 3.63. The maximum absolute atomic E-state index is 4.52. The number of thiazole rings is 1. The SMILES string of the molecule is CCC(CC1CC1)NC(C)c1sc(C)nc1C. The smallest absolute Gasteiger partial charge is 0.0900 e. The van der Waals surface area contributed by atoms with Crippen LogP contribution in [0.2, 0.25) is 0 Å². The van der Waals surface area contributed by atoms with Crippen LogP contribution in [0.15, 0.2) is 0 Å². The molecule has 2 atom stereocenters. The van der Waals surface area contributed by atoms with Crippen LogP contribution in [-0.4, -0.2) is 11.0 Å². The fourth-order valence-corrected chi connectivity index (χ4v) is 3.43. The zero-order valence-electron chi connectivity index (χ0n) is 11.4. The van der Waals surface area contributed by atoms with Gasteiger partial charge in [-0.1, -0.05) is 19.8 Å². The van der Waals surface area contributed by atoms with Crippen molar-refractivity contribution in [3.8, 4) is 0 Å². The van der Waals surface area contributed by atoms with E-state index < -0.39 is 0 Å². The third kappa shape index (κ3) is 3.52. The summed E-state index contributed by atoms with van der Waals surface area (Å²) >= 11 is 1.84. The molecule has 0 aromatic carbocycles. The van der Waals surface area contributed by atoms with E-state index in [4.69, 9.17) is 0 Å². The van der Waals surface area contributed by atoms with Crippen LogP contribution >= 0.6 is 11.3 Å². The minimum absolute atomic E-state index is 0.449. The first-order valence-corrected chi connectivity index (χ1v) is 7.61. The van der Waals surface area contributed by atoms with Gasteiger partial charge in [-0.3, -0.25) is 0 Å². The lowest BCUT2D eigenvalue weighted by molar-refractivity contribution is 0.406. The number of hydrogen-bond acceptors (Lipinski definition) is 3. The van der Waals surface area contributed by atoms with E-state index in [0.717, 1.165) is 5.92 Å². The second kappa shape index (κ2) is 5.49. The van der Waals surface area contributed by atoms with Crippen LogP contribution < -0.4 is 5.32 Å².